The van der Waals surface area contributed by atoms with Crippen LogP contribution < -0.4 is 5.32 Å². The van der Waals surface area contributed by atoms with Crippen LogP contribution in [0.1, 0.15) is 38.1 Å². The lowest BCUT2D eigenvalue weighted by Gasteiger charge is -2.07. The molecule has 160 valence electrons. The molecule has 1 aromatic heterocycles. The molecule has 4 nitrogen and oxygen atoms in total. The standard InChI is InChI=1S/C27H23NO3S/c1-2-31-27(30)25-23(18-24(32-25)21-11-7-4-8-12-21)28-26(29)22-15-13-20(14-16-22)17-19-9-5-3-6-10-19/h3-16,18H,2,17H2,1H3,(H,28,29). The van der Waals surface area contributed by atoms with Crippen molar-refractivity contribution in [2.45, 2.75) is 13.3 Å². The van der Waals surface area contributed by atoms with E-state index in [1.54, 1.807) is 6.92 Å². The molecular weight excluding hydrogens is 418 g/mol. The molecule has 32 heavy (non-hydrogen) atoms. The van der Waals surface area contributed by atoms with Crippen LogP contribution in [-0.2, 0) is 11.2 Å². The third-order valence-electron chi connectivity index (χ3n) is 4.97. The van der Waals surface area contributed by atoms with Crippen molar-refractivity contribution in [1.82, 2.24) is 0 Å². The first-order valence-electron chi connectivity index (χ1n) is 10.4. The van der Waals surface area contributed by atoms with Crippen molar-refractivity contribution >= 4 is 28.9 Å². The number of benzene rings is 3. The minimum atomic E-state index is -0.437. The summed E-state index contributed by atoms with van der Waals surface area (Å²) < 4.78 is 5.20. The molecule has 1 amide bonds. The van der Waals surface area contributed by atoms with Crippen LogP contribution in [0.15, 0.2) is 91.0 Å². The van der Waals surface area contributed by atoms with Crippen molar-refractivity contribution in [1.29, 1.82) is 0 Å². The normalized spacial score (nSPS) is 10.5. The summed E-state index contributed by atoms with van der Waals surface area (Å²) in [5.41, 5.74) is 4.32. The van der Waals surface area contributed by atoms with Gasteiger partial charge in [-0.25, -0.2) is 4.79 Å². The van der Waals surface area contributed by atoms with Gasteiger partial charge in [0.05, 0.1) is 12.3 Å². The first kappa shape index (κ1) is 21.5. The van der Waals surface area contributed by atoms with Gasteiger partial charge < -0.3 is 10.1 Å². The van der Waals surface area contributed by atoms with Crippen LogP contribution in [0.4, 0.5) is 5.69 Å². The molecule has 0 bridgehead atoms. The average Bonchev–Trinajstić information content (AvgIpc) is 3.25. The lowest BCUT2D eigenvalue weighted by molar-refractivity contribution is 0.0533. The number of anilines is 1. The Hall–Kier alpha value is -3.70. The van der Waals surface area contributed by atoms with Crippen molar-refractivity contribution in [3.63, 3.8) is 0 Å². The monoisotopic (exact) mass is 441 g/mol. The fraction of sp³-hybridized carbons (Fsp3) is 0.111. The maximum Gasteiger partial charge on any atom is 0.350 e. The van der Waals surface area contributed by atoms with Crippen LogP contribution in [-0.4, -0.2) is 18.5 Å². The van der Waals surface area contributed by atoms with Gasteiger partial charge in [-0.2, -0.15) is 0 Å². The van der Waals surface area contributed by atoms with Crippen LogP contribution in [0.2, 0.25) is 0 Å². The van der Waals surface area contributed by atoms with E-state index < -0.39 is 5.97 Å². The fourth-order valence-electron chi connectivity index (χ4n) is 3.38. The maximum atomic E-state index is 12.9. The van der Waals surface area contributed by atoms with Crippen LogP contribution >= 0.6 is 11.3 Å². The zero-order valence-electron chi connectivity index (χ0n) is 17.7. The third-order valence-corrected chi connectivity index (χ3v) is 6.13. The summed E-state index contributed by atoms with van der Waals surface area (Å²) in [6, 6.07) is 29.3. The molecule has 0 saturated heterocycles. The number of hydrogen-bond acceptors (Lipinski definition) is 4. The number of carbonyl (C=O) groups excluding carboxylic acids is 2. The van der Waals surface area contributed by atoms with E-state index in [2.05, 4.69) is 17.4 Å². The summed E-state index contributed by atoms with van der Waals surface area (Å²) in [4.78, 5) is 26.7. The Morgan fingerprint density at radius 2 is 1.47 bits per heavy atom. The molecule has 0 saturated carbocycles. The Morgan fingerprint density at radius 1 is 0.844 bits per heavy atom. The number of rotatable bonds is 7. The van der Waals surface area contributed by atoms with Gasteiger partial charge in [0.15, 0.2) is 0 Å². The number of hydrogen-bond donors (Lipinski definition) is 1. The molecule has 0 atom stereocenters. The van der Waals surface area contributed by atoms with E-state index in [0.29, 0.717) is 16.1 Å². The Kier molecular flexibility index (Phi) is 6.78. The summed E-state index contributed by atoms with van der Waals surface area (Å²) in [5.74, 6) is -0.701. The Bertz CT molecular complexity index is 1200. The van der Waals surface area contributed by atoms with Gasteiger partial charge >= 0.3 is 5.97 Å². The van der Waals surface area contributed by atoms with Gasteiger partial charge in [0.25, 0.3) is 5.91 Å². The number of nitrogens with one attached hydrogen (secondary N) is 1. The van der Waals surface area contributed by atoms with Gasteiger partial charge in [0.1, 0.15) is 4.88 Å². The Balaban J connectivity index is 1.54. The third kappa shape index (κ3) is 5.13. The smallest absolute Gasteiger partial charge is 0.350 e. The van der Waals surface area contributed by atoms with Gasteiger partial charge in [0.2, 0.25) is 0 Å². The van der Waals surface area contributed by atoms with Crippen molar-refractivity contribution in [3.8, 4) is 10.4 Å². The van der Waals surface area contributed by atoms with Crippen molar-refractivity contribution in [2.75, 3.05) is 11.9 Å². The second-order valence-corrected chi connectivity index (χ2v) is 8.31. The van der Waals surface area contributed by atoms with E-state index in [9.17, 15) is 9.59 Å². The fourth-order valence-corrected chi connectivity index (χ4v) is 4.39. The predicted octanol–water partition coefficient (Wildman–Crippen LogP) is 6.43. The zero-order chi connectivity index (χ0) is 22.3. The SMILES string of the molecule is CCOC(=O)c1sc(-c2ccccc2)cc1NC(=O)c1ccc(Cc2ccccc2)cc1. The van der Waals surface area contributed by atoms with Crippen molar-refractivity contribution < 1.29 is 14.3 Å². The highest BCUT2D eigenvalue weighted by molar-refractivity contribution is 7.18. The molecule has 0 radical (unpaired) electrons. The summed E-state index contributed by atoms with van der Waals surface area (Å²) >= 11 is 1.31. The number of carbonyl (C=O) groups is 2. The number of thiophene rings is 1. The van der Waals surface area contributed by atoms with E-state index >= 15 is 0 Å². The molecule has 1 N–H and O–H groups in total. The predicted molar refractivity (Wildman–Crippen MR) is 129 cm³/mol. The van der Waals surface area contributed by atoms with Gasteiger partial charge in [-0.3, -0.25) is 4.79 Å². The topological polar surface area (TPSA) is 55.4 Å². The van der Waals surface area contributed by atoms with Gasteiger partial charge in [-0.05, 0) is 48.2 Å². The maximum absolute atomic E-state index is 12.9. The quantitative estimate of drug-likeness (QED) is 0.336. The van der Waals surface area contributed by atoms with E-state index in [1.807, 2.05) is 78.9 Å². The Morgan fingerprint density at radius 3 is 2.12 bits per heavy atom. The lowest BCUT2D eigenvalue weighted by Crippen LogP contribution is -2.14. The van der Waals surface area contributed by atoms with E-state index in [4.69, 9.17) is 4.74 Å². The average molecular weight is 442 g/mol. The van der Waals surface area contributed by atoms with Crippen LogP contribution in [0.3, 0.4) is 0 Å². The van der Waals surface area contributed by atoms with E-state index in [0.717, 1.165) is 22.4 Å². The second kappa shape index (κ2) is 10.1. The first-order chi connectivity index (χ1) is 15.6. The molecule has 5 heteroatoms. The lowest BCUT2D eigenvalue weighted by atomic mass is 10.0. The molecule has 0 aliphatic rings. The van der Waals surface area contributed by atoms with Crippen LogP contribution in [0, 0.1) is 0 Å². The van der Waals surface area contributed by atoms with E-state index in [1.165, 1.54) is 16.9 Å². The summed E-state index contributed by atoms with van der Waals surface area (Å²) in [6.45, 7) is 2.03. The molecular formula is C27H23NO3S. The minimum Gasteiger partial charge on any atom is -0.462 e. The molecule has 0 aliphatic carbocycles. The van der Waals surface area contributed by atoms with E-state index in [-0.39, 0.29) is 12.5 Å². The molecule has 4 rings (SSSR count). The highest BCUT2D eigenvalue weighted by Gasteiger charge is 2.20. The number of esters is 1. The summed E-state index contributed by atoms with van der Waals surface area (Å²) in [7, 11) is 0. The first-order valence-corrected chi connectivity index (χ1v) is 11.3. The largest absolute Gasteiger partial charge is 0.462 e. The summed E-state index contributed by atoms with van der Waals surface area (Å²) in [6.07, 6.45) is 0.806. The number of ether oxygens (including phenoxy) is 1. The minimum absolute atomic E-state index is 0.265. The van der Waals surface area contributed by atoms with Gasteiger partial charge in [-0.15, -0.1) is 11.3 Å². The molecule has 0 unspecified atom stereocenters. The van der Waals surface area contributed by atoms with Gasteiger partial charge in [0, 0.05) is 10.4 Å². The van der Waals surface area contributed by atoms with Crippen molar-refractivity contribution in [3.05, 3.63) is 113 Å². The zero-order valence-corrected chi connectivity index (χ0v) is 18.5. The Labute approximate surface area is 191 Å². The van der Waals surface area contributed by atoms with Crippen LogP contribution in [0.5, 0.6) is 0 Å². The molecule has 0 aliphatic heterocycles. The second-order valence-electron chi connectivity index (χ2n) is 7.25. The molecule has 0 spiro atoms. The highest BCUT2D eigenvalue weighted by atomic mass is 32.1. The van der Waals surface area contributed by atoms with Gasteiger partial charge in [-0.1, -0.05) is 72.8 Å². The molecule has 0 fully saturated rings. The van der Waals surface area contributed by atoms with Crippen molar-refractivity contribution in [2.24, 2.45) is 0 Å². The van der Waals surface area contributed by atoms with Crippen LogP contribution in [0.25, 0.3) is 10.4 Å². The highest BCUT2D eigenvalue weighted by Crippen LogP contribution is 2.35. The number of amides is 1. The molecule has 3 aromatic carbocycles. The summed E-state index contributed by atoms with van der Waals surface area (Å²) in [5, 5.41) is 2.90. The molecule has 4 aromatic rings. The molecule has 1 heterocycles.